The first kappa shape index (κ1) is 26.7. The Balaban J connectivity index is 0.00000385. The van der Waals surface area contributed by atoms with Crippen LogP contribution in [0.1, 0.15) is 36.5 Å². The van der Waals surface area contributed by atoms with Crippen LogP contribution in [0.4, 0.5) is 13.2 Å². The molecule has 3 N–H and O–H groups in total. The van der Waals surface area contributed by atoms with Crippen molar-refractivity contribution in [2.75, 3.05) is 13.2 Å². The van der Waals surface area contributed by atoms with E-state index in [0.29, 0.717) is 42.9 Å². The van der Waals surface area contributed by atoms with Gasteiger partial charge in [-0.1, -0.05) is 24.3 Å². The summed E-state index contributed by atoms with van der Waals surface area (Å²) in [5.41, 5.74) is 0.939. The third-order valence-corrected chi connectivity index (χ3v) is 4.72. The maximum Gasteiger partial charge on any atom is 0.416 e. The second-order valence-corrected chi connectivity index (χ2v) is 7.52. The number of ether oxygens (including phenoxy) is 1. The maximum absolute atomic E-state index is 12.7. The van der Waals surface area contributed by atoms with Crippen LogP contribution in [-0.4, -0.2) is 31.1 Å². The zero-order valence-electron chi connectivity index (χ0n) is 18.2. The number of carbonyl (C=O) groups excluding carboxylic acids is 1. The molecule has 2 aromatic rings. The number of benzene rings is 2. The number of nitrogens with zero attached hydrogens (tertiary/aromatic N) is 1. The molecule has 0 atom stereocenters. The fourth-order valence-corrected chi connectivity index (χ4v) is 2.89. The third-order valence-electron chi connectivity index (χ3n) is 4.72. The molecular formula is C23H28F3IN4O2. The Morgan fingerprint density at radius 3 is 2.45 bits per heavy atom. The van der Waals surface area contributed by atoms with Crippen LogP contribution < -0.4 is 20.7 Å². The molecule has 1 aliphatic carbocycles. The number of hydrogen-bond acceptors (Lipinski definition) is 3. The molecular weight excluding hydrogens is 548 g/mol. The Labute approximate surface area is 208 Å². The summed E-state index contributed by atoms with van der Waals surface area (Å²) in [5, 5.41) is 9.10. The summed E-state index contributed by atoms with van der Waals surface area (Å²) in [6.07, 6.45) is -2.29. The average molecular weight is 576 g/mol. The van der Waals surface area contributed by atoms with E-state index in [1.54, 1.807) is 6.07 Å². The van der Waals surface area contributed by atoms with Crippen LogP contribution in [0.25, 0.3) is 0 Å². The maximum atomic E-state index is 12.7. The van der Waals surface area contributed by atoms with Gasteiger partial charge in [0.25, 0.3) is 5.91 Å². The Bertz CT molecular complexity index is 932. The second-order valence-electron chi connectivity index (χ2n) is 7.52. The number of amides is 1. The monoisotopic (exact) mass is 576 g/mol. The normalized spacial score (nSPS) is 13.6. The van der Waals surface area contributed by atoms with E-state index in [1.807, 2.05) is 25.1 Å². The molecule has 1 fully saturated rings. The molecule has 0 spiro atoms. The second kappa shape index (κ2) is 12.7. The van der Waals surface area contributed by atoms with Crippen LogP contribution in [0.3, 0.4) is 0 Å². The van der Waals surface area contributed by atoms with Gasteiger partial charge in [-0.05, 0) is 55.2 Å². The van der Waals surface area contributed by atoms with Gasteiger partial charge < -0.3 is 20.7 Å². The summed E-state index contributed by atoms with van der Waals surface area (Å²) in [7, 11) is 0. The predicted octanol–water partition coefficient (Wildman–Crippen LogP) is 4.24. The van der Waals surface area contributed by atoms with E-state index in [-0.39, 0.29) is 36.5 Å². The molecule has 0 unspecified atom stereocenters. The summed E-state index contributed by atoms with van der Waals surface area (Å²) < 4.78 is 43.6. The first-order chi connectivity index (χ1) is 15.3. The van der Waals surface area contributed by atoms with E-state index in [9.17, 15) is 18.0 Å². The molecule has 33 heavy (non-hydrogen) atoms. The highest BCUT2D eigenvalue weighted by Crippen LogP contribution is 2.29. The lowest BCUT2D eigenvalue weighted by Crippen LogP contribution is -2.36. The Morgan fingerprint density at radius 2 is 1.82 bits per heavy atom. The van der Waals surface area contributed by atoms with Gasteiger partial charge in [0.2, 0.25) is 0 Å². The third kappa shape index (κ3) is 9.48. The van der Waals surface area contributed by atoms with Crippen LogP contribution in [0, 0.1) is 0 Å². The fourth-order valence-electron chi connectivity index (χ4n) is 2.89. The van der Waals surface area contributed by atoms with Crippen molar-refractivity contribution in [2.45, 2.75) is 45.1 Å². The van der Waals surface area contributed by atoms with Crippen molar-refractivity contribution < 1.29 is 22.7 Å². The van der Waals surface area contributed by atoms with Gasteiger partial charge in [0.05, 0.1) is 12.1 Å². The van der Waals surface area contributed by atoms with Gasteiger partial charge in [0, 0.05) is 19.1 Å². The first-order valence-corrected chi connectivity index (χ1v) is 10.5. The Morgan fingerprint density at radius 1 is 1.09 bits per heavy atom. The zero-order chi connectivity index (χ0) is 23.0. The van der Waals surface area contributed by atoms with Crippen molar-refractivity contribution in [1.82, 2.24) is 16.0 Å². The van der Waals surface area contributed by atoms with Crippen molar-refractivity contribution in [3.8, 4) is 5.75 Å². The number of rotatable bonds is 9. The minimum atomic E-state index is -4.35. The van der Waals surface area contributed by atoms with E-state index < -0.39 is 11.7 Å². The summed E-state index contributed by atoms with van der Waals surface area (Å²) in [4.78, 5) is 16.3. The van der Waals surface area contributed by atoms with Crippen molar-refractivity contribution >= 4 is 35.8 Å². The molecule has 3 rings (SSSR count). The summed E-state index contributed by atoms with van der Waals surface area (Å²) in [6, 6.07) is 12.7. The number of alkyl halides is 3. The predicted molar refractivity (Wildman–Crippen MR) is 132 cm³/mol. The molecule has 180 valence electrons. The molecule has 0 radical (unpaired) electrons. The van der Waals surface area contributed by atoms with Crippen molar-refractivity contribution in [3.63, 3.8) is 0 Å². The van der Waals surface area contributed by atoms with Crippen molar-refractivity contribution in [2.24, 2.45) is 4.99 Å². The number of hydrogen-bond donors (Lipinski definition) is 3. The SMILES string of the molecule is CCNC(=NCc1cccc(OCC(=O)NC2CC2)c1)NCc1ccc(C(F)(F)F)cc1.I. The van der Waals surface area contributed by atoms with E-state index in [1.165, 1.54) is 12.1 Å². The largest absolute Gasteiger partial charge is 0.484 e. The van der Waals surface area contributed by atoms with E-state index >= 15 is 0 Å². The van der Waals surface area contributed by atoms with Gasteiger partial charge in [0.15, 0.2) is 12.6 Å². The lowest BCUT2D eigenvalue weighted by molar-refractivity contribution is -0.137. The van der Waals surface area contributed by atoms with Crippen molar-refractivity contribution in [1.29, 1.82) is 0 Å². The molecule has 0 saturated heterocycles. The molecule has 0 bridgehead atoms. The lowest BCUT2D eigenvalue weighted by atomic mass is 10.1. The van der Waals surface area contributed by atoms with Crippen LogP contribution in [-0.2, 0) is 24.1 Å². The summed E-state index contributed by atoms with van der Waals surface area (Å²) in [5.74, 6) is 1.01. The molecule has 10 heteroatoms. The van der Waals surface area contributed by atoms with Gasteiger partial charge in [-0.2, -0.15) is 13.2 Å². The molecule has 0 aromatic heterocycles. The number of halogens is 4. The van der Waals surface area contributed by atoms with E-state index in [4.69, 9.17) is 4.74 Å². The van der Waals surface area contributed by atoms with E-state index in [0.717, 1.165) is 30.5 Å². The van der Waals surface area contributed by atoms with Gasteiger partial charge >= 0.3 is 6.18 Å². The number of nitrogens with one attached hydrogen (secondary N) is 3. The van der Waals surface area contributed by atoms with Crippen LogP contribution in [0.5, 0.6) is 5.75 Å². The summed E-state index contributed by atoms with van der Waals surface area (Å²) in [6.45, 7) is 3.24. The first-order valence-electron chi connectivity index (χ1n) is 10.5. The topological polar surface area (TPSA) is 74.8 Å². The highest BCUT2D eigenvalue weighted by Gasteiger charge is 2.29. The molecule has 1 aliphatic rings. The molecule has 1 amide bonds. The standard InChI is InChI=1S/C23H27F3N4O2.HI/c1-2-27-22(28-13-16-6-8-18(9-7-16)23(24,25)26)29-14-17-4-3-5-20(12-17)32-15-21(31)30-19-10-11-19;/h3-9,12,19H,2,10-11,13-15H2,1H3,(H,30,31)(H2,27,28,29);1H. The van der Waals surface area contributed by atoms with Gasteiger partial charge in [0.1, 0.15) is 5.75 Å². The van der Waals surface area contributed by atoms with Gasteiger partial charge in [-0.15, -0.1) is 24.0 Å². The highest BCUT2D eigenvalue weighted by atomic mass is 127. The quantitative estimate of drug-likeness (QED) is 0.237. The number of guanidine groups is 1. The minimum Gasteiger partial charge on any atom is -0.484 e. The van der Waals surface area contributed by atoms with Crippen molar-refractivity contribution in [3.05, 3.63) is 65.2 Å². The van der Waals surface area contributed by atoms with Crippen LogP contribution in [0.2, 0.25) is 0 Å². The Kier molecular flexibility index (Phi) is 10.3. The van der Waals surface area contributed by atoms with Crippen LogP contribution >= 0.6 is 24.0 Å². The smallest absolute Gasteiger partial charge is 0.416 e. The van der Waals surface area contributed by atoms with Gasteiger partial charge in [-0.3, -0.25) is 4.79 Å². The number of carbonyl (C=O) groups is 1. The average Bonchev–Trinajstić information content (AvgIpc) is 3.58. The van der Waals surface area contributed by atoms with Gasteiger partial charge in [-0.25, -0.2) is 4.99 Å². The molecule has 1 saturated carbocycles. The highest BCUT2D eigenvalue weighted by molar-refractivity contribution is 14.0. The molecule has 6 nitrogen and oxygen atoms in total. The number of aliphatic imine (C=N–C) groups is 1. The fraction of sp³-hybridized carbons (Fsp3) is 0.391. The van der Waals surface area contributed by atoms with Crippen LogP contribution in [0.15, 0.2) is 53.5 Å². The Hall–Kier alpha value is -2.50. The minimum absolute atomic E-state index is 0. The zero-order valence-corrected chi connectivity index (χ0v) is 20.6. The molecule has 2 aromatic carbocycles. The molecule has 0 aliphatic heterocycles. The van der Waals surface area contributed by atoms with E-state index in [2.05, 4.69) is 20.9 Å². The summed E-state index contributed by atoms with van der Waals surface area (Å²) >= 11 is 0. The molecule has 0 heterocycles. The lowest BCUT2D eigenvalue weighted by Gasteiger charge is -2.13.